The Bertz CT molecular complexity index is 148. The van der Waals surface area contributed by atoms with Crippen LogP contribution in [-0.4, -0.2) is 0 Å². The summed E-state index contributed by atoms with van der Waals surface area (Å²) < 4.78 is 0. The first-order valence-corrected chi connectivity index (χ1v) is 7.42. The number of rotatable bonds is 0. The Balaban J connectivity index is -0.000000109. The van der Waals surface area contributed by atoms with Gasteiger partial charge in [0.1, 0.15) is 0 Å². The van der Waals surface area contributed by atoms with E-state index in [1.807, 2.05) is 13.8 Å². The molecule has 0 aliphatic heterocycles. The molecule has 1 heteroatoms. The van der Waals surface area contributed by atoms with E-state index in [1.54, 1.807) is 0 Å². The van der Waals surface area contributed by atoms with Crippen molar-refractivity contribution >= 4 is 0 Å². The molecule has 117 valence electrons. The van der Waals surface area contributed by atoms with Crippen LogP contribution in [0.15, 0.2) is 0 Å². The van der Waals surface area contributed by atoms with Crippen molar-refractivity contribution in [3.63, 3.8) is 0 Å². The fourth-order valence-corrected chi connectivity index (χ4v) is 1.79. The van der Waals surface area contributed by atoms with Crippen LogP contribution >= 0.6 is 0 Å². The molecule has 0 N–H and O–H groups in total. The van der Waals surface area contributed by atoms with Crippen molar-refractivity contribution in [1.29, 1.82) is 0 Å². The Morgan fingerprint density at radius 3 is 1.21 bits per heavy atom. The van der Waals surface area contributed by atoms with Gasteiger partial charge in [0.15, 0.2) is 0 Å². The second-order valence-electron chi connectivity index (χ2n) is 7.51. The Kier molecular flexibility index (Phi) is 20.9. The molecule has 0 amide bonds. The molecule has 0 aromatic carbocycles. The van der Waals surface area contributed by atoms with Crippen LogP contribution in [0, 0.1) is 23.2 Å². The van der Waals surface area contributed by atoms with Crippen molar-refractivity contribution in [1.82, 2.24) is 0 Å². The van der Waals surface area contributed by atoms with Gasteiger partial charge < -0.3 is 6.42 Å². The summed E-state index contributed by atoms with van der Waals surface area (Å²) in [6.45, 7) is 19.8. The molecule has 0 nitrogen and oxygen atoms in total. The molecule has 0 unspecified atom stereocenters. The van der Waals surface area contributed by atoms with E-state index in [0.29, 0.717) is 10.8 Å². The minimum Gasteiger partial charge on any atom is -0.328 e. The molecule has 1 saturated carbocycles. The summed E-state index contributed by atoms with van der Waals surface area (Å²) in [5.74, 6) is 0.970. The van der Waals surface area contributed by atoms with E-state index in [0.717, 1.165) is 5.92 Å². The minimum absolute atomic E-state index is 0. The largest absolute Gasteiger partial charge is 0.328 e. The van der Waals surface area contributed by atoms with E-state index in [1.165, 1.54) is 25.7 Å². The average molecular weight is 346 g/mol. The molecule has 1 radical (unpaired) electrons. The van der Waals surface area contributed by atoms with Gasteiger partial charge in [0.05, 0.1) is 0 Å². The average Bonchev–Trinajstić information content (AvgIpc) is 2.18. The first-order valence-electron chi connectivity index (χ1n) is 7.42. The van der Waals surface area contributed by atoms with Crippen LogP contribution in [-0.2, 0) is 32.7 Å². The fraction of sp³-hybridized carbons (Fsp3) is 0.944. The summed E-state index contributed by atoms with van der Waals surface area (Å²) in [4.78, 5) is 0. The zero-order valence-corrected chi connectivity index (χ0v) is 17.4. The molecule has 1 aliphatic rings. The maximum atomic E-state index is 2.43. The fourth-order valence-electron chi connectivity index (χ4n) is 1.79. The standard InChI is InChI=1S/C10H19.C5H12.C2H6.CH4.Y/c1-10(2,3)9-7-5-4-6-8-9;1-5(2,3)4;1-2;;/h4,9H,5-8H2,1-3H3;1-4H3;1-2H3;1H4;/q-1;;;;. The topological polar surface area (TPSA) is 0 Å². The zero-order valence-electron chi connectivity index (χ0n) is 14.6. The van der Waals surface area contributed by atoms with Crippen molar-refractivity contribution in [2.45, 2.75) is 95.4 Å². The second-order valence-corrected chi connectivity index (χ2v) is 7.51. The molecule has 0 aromatic rings. The van der Waals surface area contributed by atoms with Gasteiger partial charge in [-0.3, -0.25) is 0 Å². The van der Waals surface area contributed by atoms with Gasteiger partial charge in [0, 0.05) is 32.7 Å². The van der Waals surface area contributed by atoms with Crippen LogP contribution in [0.5, 0.6) is 0 Å². The summed E-state index contributed by atoms with van der Waals surface area (Å²) in [6, 6.07) is 0. The molecule has 0 spiro atoms. The van der Waals surface area contributed by atoms with Gasteiger partial charge in [-0.25, -0.2) is 0 Å². The third-order valence-corrected chi connectivity index (χ3v) is 2.66. The van der Waals surface area contributed by atoms with Gasteiger partial charge in [0.2, 0.25) is 0 Å². The Hall–Kier alpha value is 1.10. The second kappa shape index (κ2) is 14.1. The quantitative estimate of drug-likeness (QED) is 0.409. The van der Waals surface area contributed by atoms with Crippen molar-refractivity contribution in [3.05, 3.63) is 6.42 Å². The first-order chi connectivity index (χ1) is 7.61. The van der Waals surface area contributed by atoms with Crippen LogP contribution in [0.1, 0.15) is 95.4 Å². The number of hydrogen-bond acceptors (Lipinski definition) is 0. The molecule has 0 saturated heterocycles. The molecular weight excluding hydrogens is 305 g/mol. The van der Waals surface area contributed by atoms with Crippen molar-refractivity contribution in [2.24, 2.45) is 16.7 Å². The predicted molar refractivity (Wildman–Crippen MR) is 88.9 cm³/mol. The van der Waals surface area contributed by atoms with Gasteiger partial charge in [-0.1, -0.05) is 82.6 Å². The van der Waals surface area contributed by atoms with E-state index in [9.17, 15) is 0 Å². The number of hydrogen-bond donors (Lipinski definition) is 0. The smallest absolute Gasteiger partial charge is 0 e. The van der Waals surface area contributed by atoms with Gasteiger partial charge in [-0.05, 0) is 16.7 Å². The molecule has 0 aromatic heterocycles. The predicted octanol–water partition coefficient (Wildman–Crippen LogP) is 7.14. The normalized spacial score (nSPS) is 15.6. The SMILES string of the molecule is C.CC.CC(C)(C)C.CC(C)(C)C1CC[CH-]CC1.[Y]. The summed E-state index contributed by atoms with van der Waals surface area (Å²) in [5, 5.41) is 0. The van der Waals surface area contributed by atoms with Crippen LogP contribution in [0.4, 0.5) is 0 Å². The summed E-state index contributed by atoms with van der Waals surface area (Å²) in [5.41, 5.74) is 1.05. The zero-order chi connectivity index (χ0) is 14.1. The van der Waals surface area contributed by atoms with Crippen LogP contribution in [0.2, 0.25) is 0 Å². The van der Waals surface area contributed by atoms with Crippen LogP contribution in [0.3, 0.4) is 0 Å². The molecule has 19 heavy (non-hydrogen) atoms. The van der Waals surface area contributed by atoms with E-state index < -0.39 is 0 Å². The Labute approximate surface area is 150 Å². The summed E-state index contributed by atoms with van der Waals surface area (Å²) in [6.07, 6.45) is 7.97. The van der Waals surface area contributed by atoms with Crippen molar-refractivity contribution in [2.75, 3.05) is 0 Å². The molecule has 0 bridgehead atoms. The van der Waals surface area contributed by atoms with Gasteiger partial charge >= 0.3 is 0 Å². The molecule has 1 fully saturated rings. The van der Waals surface area contributed by atoms with E-state index in [2.05, 4.69) is 54.9 Å². The van der Waals surface area contributed by atoms with Gasteiger partial charge in [-0.2, -0.15) is 12.8 Å². The summed E-state index contributed by atoms with van der Waals surface area (Å²) >= 11 is 0. The third kappa shape index (κ3) is 24.5. The Morgan fingerprint density at radius 2 is 1.05 bits per heavy atom. The third-order valence-electron chi connectivity index (χ3n) is 2.66. The molecule has 1 aliphatic carbocycles. The molecule has 0 heterocycles. The minimum atomic E-state index is 0. The molecule has 1 rings (SSSR count). The maximum absolute atomic E-state index is 2.43. The van der Waals surface area contributed by atoms with E-state index in [4.69, 9.17) is 0 Å². The maximum Gasteiger partial charge on any atom is 0 e. The van der Waals surface area contributed by atoms with Crippen LogP contribution in [0.25, 0.3) is 0 Å². The Morgan fingerprint density at radius 1 is 0.789 bits per heavy atom. The summed E-state index contributed by atoms with van der Waals surface area (Å²) in [7, 11) is 0. The van der Waals surface area contributed by atoms with Crippen molar-refractivity contribution < 1.29 is 32.7 Å². The first kappa shape index (κ1) is 28.3. The van der Waals surface area contributed by atoms with Gasteiger partial charge in [0.25, 0.3) is 0 Å². The molecule has 0 atom stereocenters. The van der Waals surface area contributed by atoms with Crippen molar-refractivity contribution in [3.8, 4) is 0 Å². The van der Waals surface area contributed by atoms with E-state index >= 15 is 0 Å². The monoisotopic (exact) mass is 346 g/mol. The van der Waals surface area contributed by atoms with Crippen LogP contribution < -0.4 is 0 Å². The van der Waals surface area contributed by atoms with E-state index in [-0.39, 0.29) is 40.1 Å². The van der Waals surface area contributed by atoms with Gasteiger partial charge in [-0.15, -0.1) is 0 Å². The molecular formula is C18H41Y-.